The minimum Gasteiger partial charge on any atom is -0.423 e. The van der Waals surface area contributed by atoms with Gasteiger partial charge in [-0.05, 0) is 17.9 Å². The van der Waals surface area contributed by atoms with Crippen LogP contribution in [0.15, 0.2) is 28.7 Å². The average molecular weight is 301 g/mol. The van der Waals surface area contributed by atoms with Gasteiger partial charge in [-0.15, -0.1) is 10.2 Å². The summed E-state index contributed by atoms with van der Waals surface area (Å²) < 4.78 is 5.57. The van der Waals surface area contributed by atoms with E-state index in [1.165, 1.54) is 0 Å². The fourth-order valence-electron chi connectivity index (χ4n) is 2.55. The topological polar surface area (TPSA) is 99.7 Å². The van der Waals surface area contributed by atoms with Crippen LogP contribution in [0, 0.1) is 0 Å². The maximum absolute atomic E-state index is 11.5. The molecule has 0 atom stereocenters. The number of hydrogen-bond donors (Lipinski definition) is 2. The summed E-state index contributed by atoms with van der Waals surface area (Å²) in [5.41, 5.74) is 0.806. The molecule has 1 aliphatic rings. The van der Waals surface area contributed by atoms with Gasteiger partial charge >= 0.3 is 7.12 Å². The van der Waals surface area contributed by atoms with Crippen molar-refractivity contribution in [1.29, 1.82) is 0 Å². The van der Waals surface area contributed by atoms with E-state index < -0.39 is 7.12 Å². The molecule has 1 amide bonds. The number of carbonyl (C=O) groups excluding carboxylic acids is 1. The van der Waals surface area contributed by atoms with Gasteiger partial charge < -0.3 is 19.4 Å². The third-order valence-corrected chi connectivity index (χ3v) is 3.70. The number of rotatable bonds is 5. The van der Waals surface area contributed by atoms with Gasteiger partial charge in [0.05, 0.1) is 0 Å². The third-order valence-electron chi connectivity index (χ3n) is 3.70. The third kappa shape index (κ3) is 3.02. The zero-order valence-corrected chi connectivity index (χ0v) is 12.0. The maximum Gasteiger partial charge on any atom is 0.489 e. The van der Waals surface area contributed by atoms with Crippen molar-refractivity contribution >= 4 is 18.5 Å². The number of benzene rings is 1. The van der Waals surface area contributed by atoms with Gasteiger partial charge in [-0.25, -0.2) is 0 Å². The first kappa shape index (κ1) is 14.7. The fraction of sp³-hybridized carbons (Fsp3) is 0.357. The van der Waals surface area contributed by atoms with Crippen LogP contribution in [0.5, 0.6) is 0 Å². The van der Waals surface area contributed by atoms with E-state index in [2.05, 4.69) is 10.2 Å². The largest absolute Gasteiger partial charge is 0.489 e. The normalized spacial score (nSPS) is 14.6. The Labute approximate surface area is 127 Å². The molecule has 1 fully saturated rings. The minimum absolute atomic E-state index is 0.161. The Morgan fingerprint density at radius 1 is 1.27 bits per heavy atom. The quantitative estimate of drug-likeness (QED) is 0.728. The smallest absolute Gasteiger partial charge is 0.423 e. The standard InChI is InChI=1S/C14H16BN3O4/c19-13-6-3-8-18(13)9-7-12-16-17-14(22-12)10-4-1-2-5-11(10)15(20)21/h1-2,4-5,20-21H,3,6-9H2. The maximum atomic E-state index is 11.5. The molecule has 2 N–H and O–H groups in total. The van der Waals surface area contributed by atoms with Gasteiger partial charge in [-0.2, -0.15) is 0 Å². The van der Waals surface area contributed by atoms with Crippen LogP contribution in [0.4, 0.5) is 0 Å². The first-order valence-electron chi connectivity index (χ1n) is 7.21. The molecule has 0 bridgehead atoms. The highest BCUT2D eigenvalue weighted by molar-refractivity contribution is 6.60. The van der Waals surface area contributed by atoms with Crippen LogP contribution >= 0.6 is 0 Å². The van der Waals surface area contributed by atoms with Crippen molar-refractivity contribution in [2.75, 3.05) is 13.1 Å². The second kappa shape index (κ2) is 6.29. The predicted octanol–water partition coefficient (Wildman–Crippen LogP) is -0.419. The van der Waals surface area contributed by atoms with Gasteiger partial charge in [-0.1, -0.05) is 18.2 Å². The van der Waals surface area contributed by atoms with Crippen molar-refractivity contribution in [2.45, 2.75) is 19.3 Å². The van der Waals surface area contributed by atoms with Crippen LogP contribution < -0.4 is 5.46 Å². The summed E-state index contributed by atoms with van der Waals surface area (Å²) in [5, 5.41) is 26.7. The zero-order valence-electron chi connectivity index (χ0n) is 12.0. The molecule has 1 aliphatic heterocycles. The van der Waals surface area contributed by atoms with Crippen LogP contribution in [0.3, 0.4) is 0 Å². The monoisotopic (exact) mass is 301 g/mol. The van der Waals surface area contributed by atoms with Crippen molar-refractivity contribution in [2.24, 2.45) is 0 Å². The average Bonchev–Trinajstić information content (AvgIpc) is 3.14. The lowest BCUT2D eigenvalue weighted by molar-refractivity contribution is -0.127. The number of nitrogens with zero attached hydrogens (tertiary/aromatic N) is 3. The lowest BCUT2D eigenvalue weighted by Gasteiger charge is -2.13. The molecule has 0 unspecified atom stereocenters. The second-order valence-electron chi connectivity index (χ2n) is 5.20. The van der Waals surface area contributed by atoms with Gasteiger partial charge in [0.15, 0.2) is 0 Å². The fourth-order valence-corrected chi connectivity index (χ4v) is 2.55. The Kier molecular flexibility index (Phi) is 4.21. The Morgan fingerprint density at radius 2 is 2.09 bits per heavy atom. The van der Waals surface area contributed by atoms with Crippen molar-refractivity contribution in [3.63, 3.8) is 0 Å². The van der Waals surface area contributed by atoms with E-state index in [1.54, 1.807) is 29.2 Å². The van der Waals surface area contributed by atoms with Crippen molar-refractivity contribution < 1.29 is 19.3 Å². The van der Waals surface area contributed by atoms with Crippen LogP contribution in [-0.4, -0.2) is 51.3 Å². The van der Waals surface area contributed by atoms with Crippen LogP contribution in [0.2, 0.25) is 0 Å². The molecular formula is C14H16BN3O4. The highest BCUT2D eigenvalue weighted by atomic mass is 16.4. The van der Waals surface area contributed by atoms with Crippen molar-refractivity contribution in [3.05, 3.63) is 30.2 Å². The Morgan fingerprint density at radius 3 is 2.82 bits per heavy atom. The molecule has 22 heavy (non-hydrogen) atoms. The zero-order chi connectivity index (χ0) is 15.5. The van der Waals surface area contributed by atoms with Crippen LogP contribution in [0.1, 0.15) is 18.7 Å². The van der Waals surface area contributed by atoms with E-state index in [-0.39, 0.29) is 11.8 Å². The Hall–Kier alpha value is -2.19. The first-order chi connectivity index (χ1) is 10.6. The lowest BCUT2D eigenvalue weighted by Crippen LogP contribution is -2.31. The molecule has 0 radical (unpaired) electrons. The highest BCUT2D eigenvalue weighted by Crippen LogP contribution is 2.17. The number of hydrogen-bond acceptors (Lipinski definition) is 6. The highest BCUT2D eigenvalue weighted by Gasteiger charge is 2.22. The summed E-state index contributed by atoms with van der Waals surface area (Å²) in [4.78, 5) is 13.3. The molecule has 3 rings (SSSR count). The predicted molar refractivity (Wildman–Crippen MR) is 79.1 cm³/mol. The van der Waals surface area contributed by atoms with Crippen LogP contribution in [-0.2, 0) is 11.2 Å². The van der Waals surface area contributed by atoms with E-state index in [0.717, 1.165) is 13.0 Å². The van der Waals surface area contributed by atoms with E-state index in [9.17, 15) is 14.8 Å². The molecule has 0 aliphatic carbocycles. The molecule has 7 nitrogen and oxygen atoms in total. The lowest BCUT2D eigenvalue weighted by atomic mass is 9.77. The van der Waals surface area contributed by atoms with Crippen LogP contribution in [0.25, 0.3) is 11.5 Å². The molecular weight excluding hydrogens is 285 g/mol. The summed E-state index contributed by atoms with van der Waals surface area (Å²) in [6.45, 7) is 1.34. The van der Waals surface area contributed by atoms with E-state index in [1.807, 2.05) is 0 Å². The molecule has 1 aromatic carbocycles. The van der Waals surface area contributed by atoms with E-state index in [4.69, 9.17) is 4.42 Å². The van der Waals surface area contributed by atoms with Gasteiger partial charge in [0, 0.05) is 31.5 Å². The summed E-state index contributed by atoms with van der Waals surface area (Å²) in [5.74, 6) is 0.830. The number of amides is 1. The van der Waals surface area contributed by atoms with Crippen molar-refractivity contribution in [3.8, 4) is 11.5 Å². The summed E-state index contributed by atoms with van der Waals surface area (Å²) in [6.07, 6.45) is 2.00. The molecule has 1 saturated heterocycles. The molecule has 114 valence electrons. The Balaban J connectivity index is 1.72. The summed E-state index contributed by atoms with van der Waals surface area (Å²) in [7, 11) is -1.60. The first-order valence-corrected chi connectivity index (χ1v) is 7.21. The van der Waals surface area contributed by atoms with Gasteiger partial charge in [0.1, 0.15) is 0 Å². The SMILES string of the molecule is O=C1CCCN1CCc1nnc(-c2ccccc2B(O)O)o1. The summed E-state index contributed by atoms with van der Waals surface area (Å²) in [6, 6.07) is 6.74. The van der Waals surface area contributed by atoms with E-state index >= 15 is 0 Å². The minimum atomic E-state index is -1.60. The molecule has 1 aromatic heterocycles. The van der Waals surface area contributed by atoms with E-state index in [0.29, 0.717) is 36.3 Å². The molecule has 0 saturated carbocycles. The Bertz CT molecular complexity index is 674. The van der Waals surface area contributed by atoms with Gasteiger partial charge in [-0.3, -0.25) is 4.79 Å². The molecule has 8 heteroatoms. The number of carbonyl (C=O) groups is 1. The summed E-state index contributed by atoms with van der Waals surface area (Å²) >= 11 is 0. The molecule has 2 heterocycles. The molecule has 2 aromatic rings. The molecule has 0 spiro atoms. The second-order valence-corrected chi connectivity index (χ2v) is 5.20. The van der Waals surface area contributed by atoms with Crippen molar-refractivity contribution in [1.82, 2.24) is 15.1 Å². The number of aromatic nitrogens is 2. The number of likely N-dealkylation sites (tertiary alicyclic amines) is 1. The van der Waals surface area contributed by atoms with Gasteiger partial charge in [0.2, 0.25) is 17.7 Å². The van der Waals surface area contributed by atoms with Gasteiger partial charge in [0.25, 0.3) is 0 Å².